The Morgan fingerprint density at radius 1 is 1.35 bits per heavy atom. The van der Waals surface area contributed by atoms with Gasteiger partial charge in [0.05, 0.1) is 12.4 Å². The van der Waals surface area contributed by atoms with Crippen molar-refractivity contribution in [3.8, 4) is 0 Å². The first-order chi connectivity index (χ1) is 8.08. The van der Waals surface area contributed by atoms with Crippen molar-refractivity contribution in [1.82, 2.24) is 5.32 Å². The zero-order valence-corrected chi connectivity index (χ0v) is 11.1. The summed E-state index contributed by atoms with van der Waals surface area (Å²) >= 11 is 0. The van der Waals surface area contributed by atoms with Gasteiger partial charge in [0.2, 0.25) is 0 Å². The number of hydrogen-bond acceptors (Lipinski definition) is 3. The van der Waals surface area contributed by atoms with Crippen molar-refractivity contribution in [2.45, 2.75) is 52.2 Å². The summed E-state index contributed by atoms with van der Waals surface area (Å²) in [7, 11) is 0. The summed E-state index contributed by atoms with van der Waals surface area (Å²) < 4.78 is 5.28. The molecule has 0 aliphatic carbocycles. The van der Waals surface area contributed by atoms with Gasteiger partial charge in [-0.3, -0.25) is 0 Å². The summed E-state index contributed by atoms with van der Waals surface area (Å²) in [6, 6.07) is 4.32. The first kappa shape index (κ1) is 14.3. The largest absolute Gasteiger partial charge is 0.469 e. The first-order valence-corrected chi connectivity index (χ1v) is 6.51. The summed E-state index contributed by atoms with van der Waals surface area (Å²) in [4.78, 5) is 0. The molecule has 1 aromatic heterocycles. The lowest BCUT2D eigenvalue weighted by Crippen LogP contribution is -2.34. The third-order valence-corrected chi connectivity index (χ3v) is 2.85. The second-order valence-corrected chi connectivity index (χ2v) is 5.21. The van der Waals surface area contributed by atoms with Crippen LogP contribution in [0, 0.1) is 5.92 Å². The molecule has 98 valence electrons. The lowest BCUT2D eigenvalue weighted by Gasteiger charge is -2.18. The maximum atomic E-state index is 9.74. The smallest absolute Gasteiger partial charge is 0.103 e. The molecule has 1 rings (SSSR count). The van der Waals surface area contributed by atoms with E-state index in [1.807, 2.05) is 12.1 Å². The number of furan rings is 1. The Labute approximate surface area is 104 Å². The Morgan fingerprint density at radius 2 is 2.12 bits per heavy atom. The zero-order chi connectivity index (χ0) is 12.7. The fraction of sp³-hybridized carbons (Fsp3) is 0.714. The molecular formula is C14H25NO2. The molecule has 0 aliphatic rings. The van der Waals surface area contributed by atoms with Gasteiger partial charge >= 0.3 is 0 Å². The van der Waals surface area contributed by atoms with E-state index in [9.17, 15) is 5.11 Å². The van der Waals surface area contributed by atoms with Crippen LogP contribution >= 0.6 is 0 Å². The van der Waals surface area contributed by atoms with E-state index < -0.39 is 0 Å². The Bertz CT molecular complexity index is 282. The quantitative estimate of drug-likeness (QED) is 0.733. The molecule has 2 N–H and O–H groups in total. The maximum Gasteiger partial charge on any atom is 0.103 e. The zero-order valence-electron chi connectivity index (χ0n) is 11.1. The molecule has 0 radical (unpaired) electrons. The van der Waals surface area contributed by atoms with Gasteiger partial charge in [-0.1, -0.05) is 13.8 Å². The fourth-order valence-electron chi connectivity index (χ4n) is 1.88. The molecule has 0 amide bonds. The van der Waals surface area contributed by atoms with Crippen LogP contribution in [0.4, 0.5) is 0 Å². The van der Waals surface area contributed by atoms with E-state index in [0.29, 0.717) is 18.5 Å². The van der Waals surface area contributed by atoms with Gasteiger partial charge in [0.1, 0.15) is 5.76 Å². The van der Waals surface area contributed by atoms with Crippen molar-refractivity contribution < 1.29 is 9.52 Å². The van der Waals surface area contributed by atoms with Gasteiger partial charge in [0.25, 0.3) is 0 Å². The monoisotopic (exact) mass is 239 g/mol. The third kappa shape index (κ3) is 6.49. The number of aliphatic hydroxyl groups is 1. The minimum atomic E-state index is -0.235. The Morgan fingerprint density at radius 3 is 2.71 bits per heavy atom. The van der Waals surface area contributed by atoms with Gasteiger partial charge in [-0.15, -0.1) is 0 Å². The van der Waals surface area contributed by atoms with E-state index in [1.165, 1.54) is 0 Å². The Kier molecular flexibility index (Phi) is 6.30. The predicted octanol–water partition coefficient (Wildman–Crippen LogP) is 2.60. The van der Waals surface area contributed by atoms with E-state index >= 15 is 0 Å². The van der Waals surface area contributed by atoms with Crippen molar-refractivity contribution in [3.63, 3.8) is 0 Å². The number of aliphatic hydroxyl groups excluding tert-OH is 1. The standard InChI is InChI=1S/C14H25NO2/c1-11(2)9-13(16)10-15-12(3)6-7-14-5-4-8-17-14/h4-5,8,11-13,15-16H,6-7,9-10H2,1-3H3. The molecule has 0 aliphatic heterocycles. The van der Waals surface area contributed by atoms with Gasteiger partial charge in [0, 0.05) is 19.0 Å². The van der Waals surface area contributed by atoms with Crippen LogP contribution in [-0.4, -0.2) is 23.8 Å². The second-order valence-electron chi connectivity index (χ2n) is 5.21. The fourth-order valence-corrected chi connectivity index (χ4v) is 1.88. The molecule has 0 bridgehead atoms. The molecular weight excluding hydrogens is 214 g/mol. The van der Waals surface area contributed by atoms with Crippen molar-refractivity contribution in [2.75, 3.05) is 6.54 Å². The second kappa shape index (κ2) is 7.51. The molecule has 1 heterocycles. The topological polar surface area (TPSA) is 45.4 Å². The van der Waals surface area contributed by atoms with Crippen LogP contribution in [0.25, 0.3) is 0 Å². The molecule has 1 aromatic rings. The van der Waals surface area contributed by atoms with E-state index in [4.69, 9.17) is 4.42 Å². The number of nitrogens with one attached hydrogen (secondary N) is 1. The van der Waals surface area contributed by atoms with Gasteiger partial charge < -0.3 is 14.8 Å². The molecule has 0 aromatic carbocycles. The summed E-state index contributed by atoms with van der Waals surface area (Å²) in [6.07, 6.45) is 4.31. The van der Waals surface area contributed by atoms with Crippen LogP contribution in [0.5, 0.6) is 0 Å². The summed E-state index contributed by atoms with van der Waals surface area (Å²) in [6.45, 7) is 7.08. The van der Waals surface area contributed by atoms with Crippen molar-refractivity contribution in [3.05, 3.63) is 24.2 Å². The van der Waals surface area contributed by atoms with Crippen LogP contribution in [0.15, 0.2) is 22.8 Å². The van der Waals surface area contributed by atoms with Crippen molar-refractivity contribution in [1.29, 1.82) is 0 Å². The highest BCUT2D eigenvalue weighted by Gasteiger charge is 2.09. The van der Waals surface area contributed by atoms with Crippen LogP contribution in [0.1, 0.15) is 39.4 Å². The summed E-state index contributed by atoms with van der Waals surface area (Å²) in [5, 5.41) is 13.1. The van der Waals surface area contributed by atoms with Crippen molar-refractivity contribution >= 4 is 0 Å². The predicted molar refractivity (Wildman–Crippen MR) is 70.0 cm³/mol. The average molecular weight is 239 g/mol. The minimum absolute atomic E-state index is 0.235. The number of aryl methyl sites for hydroxylation is 1. The van der Waals surface area contributed by atoms with Crippen LogP contribution in [-0.2, 0) is 6.42 Å². The van der Waals surface area contributed by atoms with E-state index in [1.54, 1.807) is 6.26 Å². The third-order valence-electron chi connectivity index (χ3n) is 2.85. The number of rotatable bonds is 8. The van der Waals surface area contributed by atoms with Crippen LogP contribution in [0.2, 0.25) is 0 Å². The lowest BCUT2D eigenvalue weighted by atomic mass is 10.1. The highest BCUT2D eigenvalue weighted by atomic mass is 16.3. The molecule has 2 unspecified atom stereocenters. The van der Waals surface area contributed by atoms with Crippen LogP contribution in [0.3, 0.4) is 0 Å². The normalized spacial score (nSPS) is 15.1. The Hall–Kier alpha value is -0.800. The molecule has 0 spiro atoms. The molecule has 2 atom stereocenters. The van der Waals surface area contributed by atoms with Gasteiger partial charge in [0.15, 0.2) is 0 Å². The van der Waals surface area contributed by atoms with E-state index in [-0.39, 0.29) is 6.10 Å². The van der Waals surface area contributed by atoms with Crippen LogP contribution < -0.4 is 5.32 Å². The lowest BCUT2D eigenvalue weighted by molar-refractivity contribution is 0.142. The Balaban J connectivity index is 2.10. The summed E-state index contributed by atoms with van der Waals surface area (Å²) in [5.74, 6) is 1.58. The van der Waals surface area contributed by atoms with Crippen molar-refractivity contribution in [2.24, 2.45) is 5.92 Å². The molecule has 0 saturated carbocycles. The van der Waals surface area contributed by atoms with Gasteiger partial charge in [-0.05, 0) is 37.8 Å². The van der Waals surface area contributed by atoms with Gasteiger partial charge in [-0.25, -0.2) is 0 Å². The molecule has 0 saturated heterocycles. The number of hydrogen-bond donors (Lipinski definition) is 2. The molecule has 3 heteroatoms. The SMILES string of the molecule is CC(C)CC(O)CNC(C)CCc1ccco1. The summed E-state index contributed by atoms with van der Waals surface area (Å²) in [5.41, 5.74) is 0. The van der Waals surface area contributed by atoms with E-state index in [2.05, 4.69) is 26.1 Å². The molecule has 0 fully saturated rings. The highest BCUT2D eigenvalue weighted by Crippen LogP contribution is 2.07. The minimum Gasteiger partial charge on any atom is -0.469 e. The molecule has 3 nitrogen and oxygen atoms in total. The molecule has 17 heavy (non-hydrogen) atoms. The van der Waals surface area contributed by atoms with E-state index in [0.717, 1.165) is 25.0 Å². The highest BCUT2D eigenvalue weighted by molar-refractivity contribution is 4.98. The first-order valence-electron chi connectivity index (χ1n) is 6.51. The average Bonchev–Trinajstić information content (AvgIpc) is 2.75. The maximum absolute atomic E-state index is 9.74. The van der Waals surface area contributed by atoms with Gasteiger partial charge in [-0.2, -0.15) is 0 Å².